The van der Waals surface area contributed by atoms with Crippen LogP contribution in [0.2, 0.25) is 0 Å². The quantitative estimate of drug-likeness (QED) is 0.624. The summed E-state index contributed by atoms with van der Waals surface area (Å²) < 4.78 is 0.861. The van der Waals surface area contributed by atoms with E-state index in [1.54, 1.807) is 6.08 Å². The summed E-state index contributed by atoms with van der Waals surface area (Å²) in [6.07, 6.45) is 4.56. The van der Waals surface area contributed by atoms with Gasteiger partial charge in [-0.3, -0.25) is 4.79 Å². The van der Waals surface area contributed by atoms with Crippen LogP contribution >= 0.6 is 15.9 Å². The maximum absolute atomic E-state index is 11.6. The number of rotatable bonds is 6. The van der Waals surface area contributed by atoms with Crippen LogP contribution in [0, 0.1) is 0 Å². The van der Waals surface area contributed by atoms with Crippen LogP contribution in [0.3, 0.4) is 0 Å². The normalized spacial score (nSPS) is 12.1. The predicted molar refractivity (Wildman–Crippen MR) is 77.6 cm³/mol. The Morgan fingerprint density at radius 2 is 2.11 bits per heavy atom. The van der Waals surface area contributed by atoms with E-state index >= 15 is 0 Å². The molecule has 1 aromatic rings. The van der Waals surface area contributed by atoms with E-state index in [0.717, 1.165) is 10.0 Å². The third-order valence-electron chi connectivity index (χ3n) is 2.34. The van der Waals surface area contributed by atoms with Gasteiger partial charge >= 0.3 is 5.97 Å². The molecule has 0 aliphatic carbocycles. The Hall–Kier alpha value is -1.88. The van der Waals surface area contributed by atoms with E-state index in [1.165, 1.54) is 12.2 Å². The van der Waals surface area contributed by atoms with Gasteiger partial charge in [0.2, 0.25) is 5.91 Å². The summed E-state index contributed by atoms with van der Waals surface area (Å²) in [5.41, 5.74) is 0.841. The van der Waals surface area contributed by atoms with E-state index in [9.17, 15) is 9.59 Å². The first-order valence-electron chi connectivity index (χ1n) is 5.61. The van der Waals surface area contributed by atoms with Gasteiger partial charge in [-0.1, -0.05) is 40.2 Å². The van der Waals surface area contributed by atoms with Crippen LogP contribution in [0.15, 0.2) is 47.5 Å². The molecular formula is C14H14BrNO3. The van der Waals surface area contributed by atoms with Gasteiger partial charge in [-0.15, -0.1) is 6.58 Å². The van der Waals surface area contributed by atoms with Crippen LogP contribution in [0.25, 0.3) is 6.08 Å². The Morgan fingerprint density at radius 3 is 2.68 bits per heavy atom. The summed E-state index contributed by atoms with van der Waals surface area (Å²) in [4.78, 5) is 22.5. The number of nitrogens with one attached hydrogen (secondary N) is 1. The van der Waals surface area contributed by atoms with E-state index in [0.29, 0.717) is 0 Å². The van der Waals surface area contributed by atoms with Crippen molar-refractivity contribution >= 4 is 33.9 Å². The highest BCUT2D eigenvalue weighted by atomic mass is 79.9. The minimum Gasteiger partial charge on any atom is -0.480 e. The standard InChI is InChI=1S/C14H14BrNO3/c1-2-5-12(14(18)19)16-13(17)9-8-10-6-3-4-7-11(10)15/h2-4,6-9,12H,1,5H2,(H,16,17)(H,18,19)/b9-8+. The van der Waals surface area contributed by atoms with Crippen LogP contribution in [0.4, 0.5) is 0 Å². The highest BCUT2D eigenvalue weighted by Gasteiger charge is 2.16. The average molecular weight is 324 g/mol. The van der Waals surface area contributed by atoms with E-state index in [-0.39, 0.29) is 6.42 Å². The first-order valence-corrected chi connectivity index (χ1v) is 6.40. The number of carbonyl (C=O) groups is 2. The fourth-order valence-electron chi connectivity index (χ4n) is 1.38. The van der Waals surface area contributed by atoms with Crippen LogP contribution < -0.4 is 5.32 Å². The molecule has 0 fully saturated rings. The van der Waals surface area contributed by atoms with E-state index in [4.69, 9.17) is 5.11 Å². The van der Waals surface area contributed by atoms with Gasteiger partial charge in [0, 0.05) is 10.5 Å². The molecule has 0 spiro atoms. The van der Waals surface area contributed by atoms with E-state index in [2.05, 4.69) is 27.8 Å². The smallest absolute Gasteiger partial charge is 0.326 e. The summed E-state index contributed by atoms with van der Waals surface area (Å²) in [5, 5.41) is 11.3. The second-order valence-electron chi connectivity index (χ2n) is 3.78. The van der Waals surface area contributed by atoms with Crippen LogP contribution in [-0.2, 0) is 9.59 Å². The second-order valence-corrected chi connectivity index (χ2v) is 4.63. The van der Waals surface area contributed by atoms with Crippen molar-refractivity contribution in [1.82, 2.24) is 5.32 Å². The number of amides is 1. The molecule has 1 amide bonds. The lowest BCUT2D eigenvalue weighted by Gasteiger charge is -2.10. The molecule has 1 unspecified atom stereocenters. The molecule has 0 aliphatic rings. The summed E-state index contributed by atoms with van der Waals surface area (Å²) >= 11 is 3.35. The lowest BCUT2D eigenvalue weighted by Crippen LogP contribution is -2.39. The highest BCUT2D eigenvalue weighted by molar-refractivity contribution is 9.10. The van der Waals surface area contributed by atoms with Crippen LogP contribution in [0.1, 0.15) is 12.0 Å². The van der Waals surface area contributed by atoms with Crippen molar-refractivity contribution in [2.45, 2.75) is 12.5 Å². The molecule has 1 atom stereocenters. The molecule has 0 heterocycles. The maximum Gasteiger partial charge on any atom is 0.326 e. The molecule has 100 valence electrons. The fraction of sp³-hybridized carbons (Fsp3) is 0.143. The fourth-order valence-corrected chi connectivity index (χ4v) is 1.80. The third kappa shape index (κ3) is 5.09. The Labute approximate surface area is 120 Å². The number of hydrogen-bond acceptors (Lipinski definition) is 2. The van der Waals surface area contributed by atoms with Gasteiger partial charge in [0.05, 0.1) is 0 Å². The van der Waals surface area contributed by atoms with Crippen molar-refractivity contribution in [1.29, 1.82) is 0 Å². The number of carboxylic acids is 1. The van der Waals surface area contributed by atoms with Gasteiger partial charge in [0.15, 0.2) is 0 Å². The molecular weight excluding hydrogens is 310 g/mol. The minimum absolute atomic E-state index is 0.184. The SMILES string of the molecule is C=CCC(NC(=O)/C=C/c1ccccc1Br)C(=O)O. The molecule has 0 saturated heterocycles. The molecule has 19 heavy (non-hydrogen) atoms. The van der Waals surface area contributed by atoms with Crippen LogP contribution in [0.5, 0.6) is 0 Å². The number of carboxylic acid groups (broad SMARTS) is 1. The van der Waals surface area contributed by atoms with Gasteiger partial charge in [0.1, 0.15) is 6.04 Å². The van der Waals surface area contributed by atoms with Crippen molar-refractivity contribution in [3.05, 3.63) is 53.0 Å². The predicted octanol–water partition coefficient (Wildman–Crippen LogP) is 2.61. The largest absolute Gasteiger partial charge is 0.480 e. The monoisotopic (exact) mass is 323 g/mol. The number of aliphatic carboxylic acids is 1. The number of benzene rings is 1. The Balaban J connectivity index is 2.67. The molecule has 0 aromatic heterocycles. The molecule has 0 aliphatic heterocycles. The first-order chi connectivity index (χ1) is 9.04. The summed E-state index contributed by atoms with van der Waals surface area (Å²) in [5.74, 6) is -1.53. The lowest BCUT2D eigenvalue weighted by atomic mass is 10.2. The molecule has 4 nitrogen and oxygen atoms in total. The van der Waals surface area contributed by atoms with Crippen LogP contribution in [-0.4, -0.2) is 23.0 Å². The van der Waals surface area contributed by atoms with Gasteiger partial charge in [-0.2, -0.15) is 0 Å². The molecule has 0 radical (unpaired) electrons. The van der Waals surface area contributed by atoms with Gasteiger partial charge in [-0.05, 0) is 24.1 Å². The number of hydrogen-bond donors (Lipinski definition) is 2. The molecule has 1 rings (SSSR count). The molecule has 1 aromatic carbocycles. The topological polar surface area (TPSA) is 66.4 Å². The lowest BCUT2D eigenvalue weighted by molar-refractivity contribution is -0.141. The van der Waals surface area contributed by atoms with Gasteiger partial charge in [0.25, 0.3) is 0 Å². The van der Waals surface area contributed by atoms with Crippen molar-refractivity contribution in [2.24, 2.45) is 0 Å². The number of halogens is 1. The van der Waals surface area contributed by atoms with Crippen molar-refractivity contribution in [2.75, 3.05) is 0 Å². The molecule has 5 heteroatoms. The van der Waals surface area contributed by atoms with E-state index in [1.807, 2.05) is 24.3 Å². The van der Waals surface area contributed by atoms with E-state index < -0.39 is 17.9 Å². The van der Waals surface area contributed by atoms with Crippen molar-refractivity contribution in [3.63, 3.8) is 0 Å². The molecule has 0 bridgehead atoms. The minimum atomic E-state index is -1.08. The van der Waals surface area contributed by atoms with Crippen molar-refractivity contribution < 1.29 is 14.7 Å². The van der Waals surface area contributed by atoms with Crippen molar-refractivity contribution in [3.8, 4) is 0 Å². The first kappa shape index (κ1) is 15.2. The molecule has 2 N–H and O–H groups in total. The summed E-state index contributed by atoms with van der Waals surface area (Å²) in [6, 6.07) is 6.46. The van der Waals surface area contributed by atoms with Gasteiger partial charge < -0.3 is 10.4 Å². The number of carbonyl (C=O) groups excluding carboxylic acids is 1. The summed E-state index contributed by atoms with van der Waals surface area (Å²) in [7, 11) is 0. The molecule has 0 saturated carbocycles. The average Bonchev–Trinajstić information content (AvgIpc) is 2.37. The second kappa shape index (κ2) is 7.53. The zero-order valence-electron chi connectivity index (χ0n) is 10.2. The maximum atomic E-state index is 11.6. The summed E-state index contributed by atoms with van der Waals surface area (Å²) in [6.45, 7) is 3.46. The zero-order chi connectivity index (χ0) is 14.3. The highest BCUT2D eigenvalue weighted by Crippen LogP contribution is 2.16. The Bertz CT molecular complexity index is 511. The Morgan fingerprint density at radius 1 is 1.42 bits per heavy atom. The Kier molecular flexibility index (Phi) is 6.02. The van der Waals surface area contributed by atoms with Gasteiger partial charge in [-0.25, -0.2) is 4.79 Å². The zero-order valence-corrected chi connectivity index (χ0v) is 11.8. The third-order valence-corrected chi connectivity index (χ3v) is 3.06.